The molecular weight excluding hydrogens is 258 g/mol. The van der Waals surface area contributed by atoms with Crippen LogP contribution in [0, 0.1) is 0 Å². The number of rotatable bonds is 2. The molecule has 0 aromatic carbocycles. The highest BCUT2D eigenvalue weighted by atomic mass is 35.5. The van der Waals surface area contributed by atoms with Crippen LogP contribution in [0.4, 0.5) is 5.82 Å². The third-order valence-corrected chi connectivity index (χ3v) is 4.75. The van der Waals surface area contributed by atoms with Gasteiger partial charge in [0.25, 0.3) is 0 Å². The van der Waals surface area contributed by atoms with Gasteiger partial charge in [0.1, 0.15) is 5.82 Å². The normalized spacial score (nSPS) is 28.2. The van der Waals surface area contributed by atoms with E-state index in [1.54, 1.807) is 0 Å². The number of piperazine rings is 1. The molecule has 0 bridgehead atoms. The minimum atomic E-state index is 0.535. The summed E-state index contributed by atoms with van der Waals surface area (Å²) in [6.07, 6.45) is 5.95. The molecule has 2 aliphatic heterocycles. The van der Waals surface area contributed by atoms with Gasteiger partial charge in [-0.2, -0.15) is 0 Å². The minimum absolute atomic E-state index is 0.535. The van der Waals surface area contributed by atoms with Gasteiger partial charge in [0, 0.05) is 37.3 Å². The largest absolute Gasteiger partial charge is 0.351 e. The summed E-state index contributed by atoms with van der Waals surface area (Å²) in [6, 6.07) is 5.39. The number of nitrogens with zero attached hydrogens (tertiary/aromatic N) is 3. The lowest BCUT2D eigenvalue weighted by atomic mass is 9.97. The van der Waals surface area contributed by atoms with Crippen LogP contribution in [0.1, 0.15) is 31.7 Å². The molecule has 1 aromatic rings. The van der Waals surface area contributed by atoms with Gasteiger partial charge >= 0.3 is 0 Å². The zero-order valence-corrected chi connectivity index (χ0v) is 12.3. The molecule has 0 N–H and O–H groups in total. The second kappa shape index (κ2) is 5.68. The molecule has 4 heteroatoms. The van der Waals surface area contributed by atoms with Gasteiger partial charge in [-0.1, -0.05) is 6.42 Å². The summed E-state index contributed by atoms with van der Waals surface area (Å²) in [4.78, 5) is 9.67. The van der Waals surface area contributed by atoms with Gasteiger partial charge in [-0.3, -0.25) is 4.90 Å². The van der Waals surface area contributed by atoms with Crippen LogP contribution in [0.5, 0.6) is 0 Å². The Morgan fingerprint density at radius 2 is 2.26 bits per heavy atom. The molecule has 2 fully saturated rings. The second-order valence-corrected chi connectivity index (χ2v) is 6.07. The Morgan fingerprint density at radius 3 is 3.11 bits per heavy atom. The summed E-state index contributed by atoms with van der Waals surface area (Å²) in [5.41, 5.74) is 1.16. The summed E-state index contributed by atoms with van der Waals surface area (Å²) < 4.78 is 0. The van der Waals surface area contributed by atoms with Crippen LogP contribution in [0.2, 0.25) is 0 Å². The molecule has 104 valence electrons. The third kappa shape index (κ3) is 2.72. The van der Waals surface area contributed by atoms with E-state index in [2.05, 4.69) is 27.8 Å². The highest BCUT2D eigenvalue weighted by Gasteiger charge is 2.33. The molecule has 1 aromatic heterocycles. The molecule has 0 spiro atoms. The van der Waals surface area contributed by atoms with Gasteiger partial charge in [-0.15, -0.1) is 11.6 Å². The maximum atomic E-state index is 5.93. The van der Waals surface area contributed by atoms with Crippen molar-refractivity contribution in [2.45, 2.75) is 44.1 Å². The van der Waals surface area contributed by atoms with Gasteiger partial charge in [-0.05, 0) is 44.0 Å². The fourth-order valence-electron chi connectivity index (χ4n) is 3.37. The van der Waals surface area contributed by atoms with Crippen molar-refractivity contribution in [2.24, 2.45) is 0 Å². The van der Waals surface area contributed by atoms with Crippen molar-refractivity contribution in [1.29, 1.82) is 0 Å². The number of alkyl halides is 1. The number of anilines is 1. The Morgan fingerprint density at radius 1 is 1.37 bits per heavy atom. The number of hydrogen-bond acceptors (Lipinski definition) is 3. The fraction of sp³-hybridized carbons (Fsp3) is 0.667. The van der Waals surface area contributed by atoms with Gasteiger partial charge in [-0.25, -0.2) is 4.98 Å². The van der Waals surface area contributed by atoms with Crippen molar-refractivity contribution in [3.05, 3.63) is 23.9 Å². The molecule has 0 aliphatic carbocycles. The first-order valence-corrected chi connectivity index (χ1v) is 7.83. The first kappa shape index (κ1) is 13.2. The van der Waals surface area contributed by atoms with E-state index in [0.717, 1.165) is 24.5 Å². The van der Waals surface area contributed by atoms with Crippen LogP contribution < -0.4 is 4.90 Å². The molecule has 3 nitrogen and oxygen atoms in total. The molecular formula is C15H22ClN3. The number of fused-ring (bicyclic) bond motifs is 1. The summed E-state index contributed by atoms with van der Waals surface area (Å²) in [5.74, 6) is 1.66. The van der Waals surface area contributed by atoms with Gasteiger partial charge in [0.2, 0.25) is 0 Å². The van der Waals surface area contributed by atoms with Crippen molar-refractivity contribution >= 4 is 17.4 Å². The van der Waals surface area contributed by atoms with Crippen molar-refractivity contribution in [3.8, 4) is 0 Å². The maximum absolute atomic E-state index is 5.93. The predicted octanol–water partition coefficient (Wildman–Crippen LogP) is 2.88. The molecule has 0 radical (unpaired) electrons. The fourth-order valence-corrected chi connectivity index (χ4v) is 3.54. The lowest BCUT2D eigenvalue weighted by Gasteiger charge is -2.48. The molecule has 0 amide bonds. The average molecular weight is 280 g/mol. The molecule has 2 atom stereocenters. The smallest absolute Gasteiger partial charge is 0.129 e. The summed E-state index contributed by atoms with van der Waals surface area (Å²) in [6.45, 7) is 5.86. The molecule has 3 heterocycles. The minimum Gasteiger partial charge on any atom is -0.351 e. The summed E-state index contributed by atoms with van der Waals surface area (Å²) >= 11 is 5.93. The monoisotopic (exact) mass is 279 g/mol. The number of aromatic nitrogens is 1. The predicted molar refractivity (Wildman–Crippen MR) is 79.8 cm³/mol. The summed E-state index contributed by atoms with van der Waals surface area (Å²) in [7, 11) is 0. The Kier molecular flexibility index (Phi) is 3.94. The summed E-state index contributed by atoms with van der Waals surface area (Å²) in [5, 5.41) is 0. The molecule has 2 unspecified atom stereocenters. The van der Waals surface area contributed by atoms with E-state index in [9.17, 15) is 0 Å². The number of piperidine rings is 1. The van der Waals surface area contributed by atoms with E-state index in [1.807, 2.05) is 12.3 Å². The molecule has 2 saturated heterocycles. The van der Waals surface area contributed by atoms with Crippen LogP contribution in [-0.2, 0) is 5.88 Å². The topological polar surface area (TPSA) is 19.4 Å². The second-order valence-electron chi connectivity index (χ2n) is 5.80. The molecule has 19 heavy (non-hydrogen) atoms. The maximum Gasteiger partial charge on any atom is 0.129 e. The lowest BCUT2D eigenvalue weighted by Crippen LogP contribution is -2.59. The van der Waals surface area contributed by atoms with Crippen molar-refractivity contribution in [1.82, 2.24) is 9.88 Å². The average Bonchev–Trinajstić information content (AvgIpc) is 2.46. The van der Waals surface area contributed by atoms with E-state index in [1.165, 1.54) is 25.8 Å². The Hall–Kier alpha value is -0.800. The van der Waals surface area contributed by atoms with Crippen LogP contribution >= 0.6 is 11.6 Å². The Bertz CT molecular complexity index is 437. The molecule has 0 saturated carbocycles. The first-order valence-electron chi connectivity index (χ1n) is 7.29. The third-order valence-electron chi connectivity index (χ3n) is 4.45. The van der Waals surface area contributed by atoms with Crippen LogP contribution in [-0.4, -0.2) is 41.6 Å². The van der Waals surface area contributed by atoms with Gasteiger partial charge < -0.3 is 4.90 Å². The molecule has 2 aliphatic rings. The van der Waals surface area contributed by atoms with Gasteiger partial charge in [0.05, 0.1) is 0 Å². The quantitative estimate of drug-likeness (QED) is 0.776. The first-order chi connectivity index (χ1) is 9.28. The molecule has 3 rings (SSSR count). The van der Waals surface area contributed by atoms with Crippen molar-refractivity contribution in [2.75, 3.05) is 24.5 Å². The number of hydrogen-bond donors (Lipinski definition) is 0. The van der Waals surface area contributed by atoms with E-state index in [-0.39, 0.29) is 0 Å². The van der Waals surface area contributed by atoms with E-state index in [4.69, 9.17) is 11.6 Å². The SMILES string of the molecule is CC1CN2CCCCC2CN1c1cc(CCl)ccn1. The zero-order valence-electron chi connectivity index (χ0n) is 11.6. The Balaban J connectivity index is 1.79. The zero-order chi connectivity index (χ0) is 13.2. The van der Waals surface area contributed by atoms with E-state index < -0.39 is 0 Å². The van der Waals surface area contributed by atoms with Crippen LogP contribution in [0.15, 0.2) is 18.3 Å². The van der Waals surface area contributed by atoms with E-state index >= 15 is 0 Å². The van der Waals surface area contributed by atoms with E-state index in [0.29, 0.717) is 18.0 Å². The lowest BCUT2D eigenvalue weighted by molar-refractivity contribution is 0.115. The number of halogens is 1. The van der Waals surface area contributed by atoms with Crippen LogP contribution in [0.3, 0.4) is 0 Å². The highest BCUT2D eigenvalue weighted by Crippen LogP contribution is 2.27. The standard InChI is InChI=1S/C15H22ClN3/c1-12-10-18-7-3-2-4-14(18)11-19(12)15-8-13(9-16)5-6-17-15/h5-6,8,12,14H,2-4,7,9-11H2,1H3. The Labute approximate surface area is 120 Å². The highest BCUT2D eigenvalue weighted by molar-refractivity contribution is 6.17. The number of pyridine rings is 1. The van der Waals surface area contributed by atoms with Gasteiger partial charge in [0.15, 0.2) is 0 Å². The van der Waals surface area contributed by atoms with Crippen molar-refractivity contribution in [3.63, 3.8) is 0 Å². The van der Waals surface area contributed by atoms with Crippen LogP contribution in [0.25, 0.3) is 0 Å². The van der Waals surface area contributed by atoms with Crippen molar-refractivity contribution < 1.29 is 0 Å².